The molecule has 0 N–H and O–H groups in total. The van der Waals surface area contributed by atoms with E-state index in [0.29, 0.717) is 12.1 Å². The van der Waals surface area contributed by atoms with Crippen LogP contribution in [-0.2, 0) is 13.6 Å². The van der Waals surface area contributed by atoms with Gasteiger partial charge in [0.2, 0.25) is 0 Å². The first-order valence-corrected chi connectivity index (χ1v) is 8.15. The number of imidazole rings is 1. The molecule has 0 aliphatic carbocycles. The third kappa shape index (κ3) is 2.74. The molecule has 0 fully saturated rings. The highest BCUT2D eigenvalue weighted by atomic mass is 16.1. The minimum atomic E-state index is 0.0140. The smallest absolute Gasteiger partial charge is 0.253 e. The maximum atomic E-state index is 11.9. The van der Waals surface area contributed by atoms with E-state index in [1.165, 1.54) is 0 Å². The summed E-state index contributed by atoms with van der Waals surface area (Å²) in [5.74, 6) is 0.839. The number of hydrogen-bond acceptors (Lipinski definition) is 3. The van der Waals surface area contributed by atoms with Gasteiger partial charge >= 0.3 is 0 Å². The van der Waals surface area contributed by atoms with Crippen LogP contribution in [0.4, 0.5) is 0 Å². The van der Waals surface area contributed by atoms with E-state index in [0.717, 1.165) is 27.9 Å². The lowest BCUT2D eigenvalue weighted by molar-refractivity contribution is 0.801. The minimum Gasteiger partial charge on any atom is -0.326 e. The Morgan fingerprint density at radius 3 is 2.76 bits per heavy atom. The van der Waals surface area contributed by atoms with Crippen LogP contribution in [0.25, 0.3) is 22.3 Å². The maximum absolute atomic E-state index is 11.9. The van der Waals surface area contributed by atoms with E-state index in [1.54, 1.807) is 17.8 Å². The second kappa shape index (κ2) is 6.02. The van der Waals surface area contributed by atoms with Crippen molar-refractivity contribution >= 4 is 10.9 Å². The van der Waals surface area contributed by atoms with Crippen molar-refractivity contribution in [2.75, 3.05) is 0 Å². The van der Waals surface area contributed by atoms with E-state index in [1.807, 2.05) is 43.7 Å². The van der Waals surface area contributed by atoms with Gasteiger partial charge in [0, 0.05) is 48.3 Å². The van der Waals surface area contributed by atoms with Crippen LogP contribution in [0, 0.1) is 6.92 Å². The standard InChI is InChI=1S/C20H18N4O/c1-14-11-17(12-23(2)20(14)25)19-22-9-10-24(19)13-16-6-3-5-15-7-4-8-21-18(15)16/h3-12H,13H2,1-2H3. The topological polar surface area (TPSA) is 52.7 Å². The van der Waals surface area contributed by atoms with Crippen LogP contribution in [0.15, 0.2) is 66.0 Å². The van der Waals surface area contributed by atoms with Crippen LogP contribution < -0.4 is 5.56 Å². The second-order valence-corrected chi connectivity index (χ2v) is 6.20. The lowest BCUT2D eigenvalue weighted by Gasteiger charge is -2.11. The normalized spacial score (nSPS) is 11.1. The summed E-state index contributed by atoms with van der Waals surface area (Å²) in [6, 6.07) is 12.1. The molecule has 1 aromatic carbocycles. The zero-order valence-electron chi connectivity index (χ0n) is 14.2. The highest BCUT2D eigenvalue weighted by Crippen LogP contribution is 2.21. The largest absolute Gasteiger partial charge is 0.326 e. The van der Waals surface area contributed by atoms with Gasteiger partial charge in [-0.3, -0.25) is 9.78 Å². The first kappa shape index (κ1) is 15.3. The van der Waals surface area contributed by atoms with Crippen molar-refractivity contribution in [2.24, 2.45) is 7.05 Å². The fourth-order valence-electron chi connectivity index (χ4n) is 3.18. The second-order valence-electron chi connectivity index (χ2n) is 6.20. The molecule has 4 aromatic rings. The Morgan fingerprint density at radius 1 is 1.08 bits per heavy atom. The first-order valence-electron chi connectivity index (χ1n) is 8.15. The molecule has 3 heterocycles. The molecular weight excluding hydrogens is 312 g/mol. The molecule has 0 aliphatic heterocycles. The van der Waals surface area contributed by atoms with Gasteiger partial charge in [-0.05, 0) is 24.6 Å². The highest BCUT2D eigenvalue weighted by Gasteiger charge is 2.11. The lowest BCUT2D eigenvalue weighted by Crippen LogP contribution is -2.18. The molecule has 0 saturated heterocycles. The number of aryl methyl sites for hydroxylation is 2. The van der Waals surface area contributed by atoms with E-state index in [4.69, 9.17) is 0 Å². The van der Waals surface area contributed by atoms with Gasteiger partial charge in [-0.2, -0.15) is 0 Å². The van der Waals surface area contributed by atoms with Gasteiger partial charge in [0.15, 0.2) is 0 Å². The van der Waals surface area contributed by atoms with Crippen molar-refractivity contribution in [3.05, 3.63) is 82.7 Å². The fraction of sp³-hybridized carbons (Fsp3) is 0.150. The average Bonchev–Trinajstić information content (AvgIpc) is 3.08. The summed E-state index contributed by atoms with van der Waals surface area (Å²) in [6.07, 6.45) is 7.39. The van der Waals surface area contributed by atoms with E-state index >= 15 is 0 Å². The fourth-order valence-corrected chi connectivity index (χ4v) is 3.18. The third-order valence-electron chi connectivity index (χ3n) is 4.39. The van der Waals surface area contributed by atoms with Crippen LogP contribution in [0.5, 0.6) is 0 Å². The molecule has 0 saturated carbocycles. The van der Waals surface area contributed by atoms with Crippen molar-refractivity contribution in [2.45, 2.75) is 13.5 Å². The summed E-state index contributed by atoms with van der Waals surface area (Å²) >= 11 is 0. The molecule has 5 nitrogen and oxygen atoms in total. The predicted molar refractivity (Wildman–Crippen MR) is 98.5 cm³/mol. The number of hydrogen-bond donors (Lipinski definition) is 0. The maximum Gasteiger partial charge on any atom is 0.253 e. The summed E-state index contributed by atoms with van der Waals surface area (Å²) in [5, 5.41) is 1.12. The Morgan fingerprint density at radius 2 is 1.92 bits per heavy atom. The summed E-state index contributed by atoms with van der Waals surface area (Å²) in [4.78, 5) is 21.0. The Hall–Kier alpha value is -3.21. The van der Waals surface area contributed by atoms with Gasteiger partial charge in [-0.25, -0.2) is 4.98 Å². The number of nitrogens with zero attached hydrogens (tertiary/aromatic N) is 4. The molecule has 0 radical (unpaired) electrons. The van der Waals surface area contributed by atoms with Crippen LogP contribution >= 0.6 is 0 Å². The molecule has 124 valence electrons. The molecule has 0 spiro atoms. The van der Waals surface area contributed by atoms with Gasteiger partial charge in [-0.1, -0.05) is 24.3 Å². The Bertz CT molecular complexity index is 1090. The molecular formula is C20H18N4O. The van der Waals surface area contributed by atoms with Crippen LogP contribution in [0.2, 0.25) is 0 Å². The van der Waals surface area contributed by atoms with Crippen LogP contribution in [0.3, 0.4) is 0 Å². The van der Waals surface area contributed by atoms with Gasteiger partial charge in [0.25, 0.3) is 5.56 Å². The number of benzene rings is 1. The molecule has 3 aromatic heterocycles. The highest BCUT2D eigenvalue weighted by molar-refractivity contribution is 5.81. The van der Waals surface area contributed by atoms with E-state index in [-0.39, 0.29) is 5.56 Å². The number of pyridine rings is 2. The summed E-state index contributed by atoms with van der Waals surface area (Å²) in [6.45, 7) is 2.50. The number of rotatable bonds is 3. The van der Waals surface area contributed by atoms with E-state index < -0.39 is 0 Å². The first-order chi connectivity index (χ1) is 12.1. The Labute approximate surface area is 145 Å². The molecule has 0 bridgehead atoms. The van der Waals surface area contributed by atoms with E-state index in [2.05, 4.69) is 32.7 Å². The summed E-state index contributed by atoms with van der Waals surface area (Å²) in [7, 11) is 1.76. The van der Waals surface area contributed by atoms with Crippen molar-refractivity contribution in [1.82, 2.24) is 19.1 Å². The van der Waals surface area contributed by atoms with Gasteiger partial charge in [-0.15, -0.1) is 0 Å². The Kier molecular flexibility index (Phi) is 3.69. The summed E-state index contributed by atoms with van der Waals surface area (Å²) < 4.78 is 3.69. The number of para-hydroxylation sites is 1. The number of fused-ring (bicyclic) bond motifs is 1. The summed E-state index contributed by atoms with van der Waals surface area (Å²) in [5.41, 5.74) is 3.79. The molecule has 0 unspecified atom stereocenters. The Balaban J connectivity index is 1.79. The quantitative estimate of drug-likeness (QED) is 0.580. The molecule has 4 rings (SSSR count). The zero-order chi connectivity index (χ0) is 17.4. The van der Waals surface area contributed by atoms with Crippen LogP contribution in [0.1, 0.15) is 11.1 Å². The van der Waals surface area contributed by atoms with Crippen molar-refractivity contribution < 1.29 is 0 Å². The van der Waals surface area contributed by atoms with Gasteiger partial charge in [0.1, 0.15) is 5.82 Å². The molecule has 0 aliphatic rings. The van der Waals surface area contributed by atoms with Gasteiger partial charge < -0.3 is 9.13 Å². The van der Waals surface area contributed by atoms with Gasteiger partial charge in [0.05, 0.1) is 12.1 Å². The molecule has 0 atom stereocenters. The monoisotopic (exact) mass is 330 g/mol. The molecule has 5 heteroatoms. The zero-order valence-corrected chi connectivity index (χ0v) is 14.2. The van der Waals surface area contributed by atoms with Crippen LogP contribution in [-0.4, -0.2) is 19.1 Å². The van der Waals surface area contributed by atoms with Crippen molar-refractivity contribution in [1.29, 1.82) is 0 Å². The third-order valence-corrected chi connectivity index (χ3v) is 4.39. The average molecular weight is 330 g/mol. The SMILES string of the molecule is Cc1cc(-c2nccn2Cc2cccc3cccnc23)cn(C)c1=O. The van der Waals surface area contributed by atoms with Crippen molar-refractivity contribution in [3.63, 3.8) is 0 Å². The van der Waals surface area contributed by atoms with Crippen molar-refractivity contribution in [3.8, 4) is 11.4 Å². The minimum absolute atomic E-state index is 0.0140. The molecule has 0 amide bonds. The molecule has 25 heavy (non-hydrogen) atoms. The lowest BCUT2D eigenvalue weighted by atomic mass is 10.1. The van der Waals surface area contributed by atoms with E-state index in [9.17, 15) is 4.79 Å². The predicted octanol–water partition coefficient (Wildman–Crippen LogP) is 3.15. The number of aromatic nitrogens is 4.